The Morgan fingerprint density at radius 2 is 1.91 bits per heavy atom. The molecule has 34 heavy (non-hydrogen) atoms. The minimum Gasteiger partial charge on any atom is -0.477 e. The van der Waals surface area contributed by atoms with Crippen molar-refractivity contribution in [1.82, 2.24) is 30.2 Å². The molecule has 172 valence electrons. The van der Waals surface area contributed by atoms with Crippen LogP contribution in [0, 0.1) is 6.92 Å². The molecule has 0 saturated heterocycles. The van der Waals surface area contributed by atoms with Gasteiger partial charge in [0, 0.05) is 16.2 Å². The summed E-state index contributed by atoms with van der Waals surface area (Å²) in [6, 6.07) is 16.2. The van der Waals surface area contributed by atoms with Gasteiger partial charge in [-0.1, -0.05) is 67.2 Å². The number of rotatable bonds is 8. The number of hydrogen-bond acceptors (Lipinski definition) is 7. The number of aromatic nitrogens is 6. The van der Waals surface area contributed by atoms with Crippen LogP contribution in [0.4, 0.5) is 0 Å². The van der Waals surface area contributed by atoms with Gasteiger partial charge >= 0.3 is 5.97 Å². The van der Waals surface area contributed by atoms with Gasteiger partial charge in [0.1, 0.15) is 10.4 Å². The summed E-state index contributed by atoms with van der Waals surface area (Å²) in [5.74, 6) is 0.563. The number of benzene rings is 2. The van der Waals surface area contributed by atoms with E-state index in [1.165, 1.54) is 11.3 Å². The Bertz CT molecular complexity index is 1460. The molecule has 10 heteroatoms. The molecule has 2 N–H and O–H groups in total. The molecule has 3 heterocycles. The average Bonchev–Trinajstić information content (AvgIpc) is 3.57. The predicted molar refractivity (Wildman–Crippen MR) is 134 cm³/mol. The number of H-pyrrole nitrogens is 1. The lowest BCUT2D eigenvalue weighted by Crippen LogP contribution is -2.05. The van der Waals surface area contributed by atoms with E-state index in [-0.39, 0.29) is 0 Å². The number of nitrogens with one attached hydrogen (secondary N) is 1. The molecule has 5 rings (SSSR count). The molecule has 0 aliphatic rings. The van der Waals surface area contributed by atoms with Gasteiger partial charge in [0.05, 0.1) is 12.1 Å². The fourth-order valence-electron chi connectivity index (χ4n) is 3.93. The second-order valence-corrected chi connectivity index (χ2v) is 10.1. The van der Waals surface area contributed by atoms with E-state index in [0.29, 0.717) is 22.8 Å². The maximum Gasteiger partial charge on any atom is 0.348 e. The number of thioether (sulfide) groups is 1. The zero-order valence-electron chi connectivity index (χ0n) is 18.6. The van der Waals surface area contributed by atoms with Gasteiger partial charge in [-0.3, -0.25) is 0 Å². The van der Waals surface area contributed by atoms with Crippen molar-refractivity contribution in [1.29, 1.82) is 0 Å². The summed E-state index contributed by atoms with van der Waals surface area (Å²) < 4.78 is 2.05. The molecule has 0 fully saturated rings. The van der Waals surface area contributed by atoms with Crippen LogP contribution in [0.1, 0.15) is 33.5 Å². The van der Waals surface area contributed by atoms with E-state index in [9.17, 15) is 9.90 Å². The molecule has 2 aromatic carbocycles. The molecule has 0 spiro atoms. The standard InChI is InChI=1S/C24H22N6O2S2/c1-3-12-33-24-25-19-14(2)34-21(23(31)32)20(19)30(24)13-15-8-10-16(11-9-15)17-6-4-5-7-18(17)22-26-28-29-27-22/h4-11H,3,12-13H2,1-2H3,(H,31,32)(H,26,27,28,29). The fourth-order valence-corrected chi connectivity index (χ4v) is 5.72. The van der Waals surface area contributed by atoms with Crippen LogP contribution >= 0.6 is 23.1 Å². The maximum absolute atomic E-state index is 11.9. The van der Waals surface area contributed by atoms with Gasteiger partial charge in [-0.15, -0.1) is 21.5 Å². The molecule has 0 amide bonds. The van der Waals surface area contributed by atoms with E-state index in [1.807, 2.05) is 35.8 Å². The Hall–Kier alpha value is -3.50. The molecule has 0 unspecified atom stereocenters. The van der Waals surface area contributed by atoms with Crippen LogP contribution < -0.4 is 0 Å². The van der Waals surface area contributed by atoms with Crippen molar-refractivity contribution < 1.29 is 9.90 Å². The number of imidazole rings is 1. The molecule has 5 aromatic rings. The molecular weight excluding hydrogens is 468 g/mol. The Labute approximate surface area is 204 Å². The number of tetrazole rings is 1. The highest BCUT2D eigenvalue weighted by molar-refractivity contribution is 7.99. The SMILES string of the molecule is CCCSc1nc2c(C)sc(C(=O)O)c2n1Cc1ccc(-c2ccccc2-c2nn[nH]n2)cc1. The third-order valence-electron chi connectivity index (χ3n) is 5.48. The first-order valence-corrected chi connectivity index (χ1v) is 12.6. The Kier molecular flexibility index (Phi) is 6.16. The minimum atomic E-state index is -0.912. The Balaban J connectivity index is 1.52. The van der Waals surface area contributed by atoms with Crippen molar-refractivity contribution in [3.63, 3.8) is 0 Å². The normalized spacial score (nSPS) is 11.4. The zero-order chi connectivity index (χ0) is 23.7. The van der Waals surface area contributed by atoms with Gasteiger partial charge in [-0.2, -0.15) is 5.21 Å². The van der Waals surface area contributed by atoms with Crippen molar-refractivity contribution >= 4 is 40.1 Å². The number of aromatic amines is 1. The summed E-state index contributed by atoms with van der Waals surface area (Å²) in [4.78, 5) is 18.0. The van der Waals surface area contributed by atoms with Crippen molar-refractivity contribution in [2.75, 3.05) is 5.75 Å². The van der Waals surface area contributed by atoms with E-state index in [1.54, 1.807) is 11.8 Å². The first-order chi connectivity index (χ1) is 16.6. The lowest BCUT2D eigenvalue weighted by molar-refractivity contribution is 0.0703. The smallest absolute Gasteiger partial charge is 0.348 e. The third-order valence-corrected chi connectivity index (χ3v) is 7.74. The van der Waals surface area contributed by atoms with Crippen LogP contribution in [-0.2, 0) is 6.54 Å². The van der Waals surface area contributed by atoms with Gasteiger partial charge in [-0.05, 0) is 35.2 Å². The van der Waals surface area contributed by atoms with E-state index in [0.717, 1.165) is 50.0 Å². The molecule has 8 nitrogen and oxygen atoms in total. The van der Waals surface area contributed by atoms with Crippen molar-refractivity contribution in [2.24, 2.45) is 0 Å². The average molecular weight is 491 g/mol. The van der Waals surface area contributed by atoms with E-state index in [2.05, 4.69) is 51.8 Å². The van der Waals surface area contributed by atoms with Gasteiger partial charge in [0.15, 0.2) is 5.16 Å². The van der Waals surface area contributed by atoms with E-state index in [4.69, 9.17) is 4.98 Å². The number of hydrogen-bond donors (Lipinski definition) is 2. The Morgan fingerprint density at radius 3 is 2.59 bits per heavy atom. The Morgan fingerprint density at radius 1 is 1.15 bits per heavy atom. The lowest BCUT2D eigenvalue weighted by Gasteiger charge is -2.11. The van der Waals surface area contributed by atoms with Crippen LogP contribution in [0.25, 0.3) is 33.5 Å². The number of thiophene rings is 1. The summed E-state index contributed by atoms with van der Waals surface area (Å²) in [7, 11) is 0. The van der Waals surface area contributed by atoms with E-state index < -0.39 is 5.97 Å². The number of carbonyl (C=O) groups is 1. The summed E-state index contributed by atoms with van der Waals surface area (Å²) >= 11 is 2.96. The first kappa shape index (κ1) is 22.3. The largest absolute Gasteiger partial charge is 0.477 e. The van der Waals surface area contributed by atoms with Crippen LogP contribution in [-0.4, -0.2) is 47.0 Å². The topological polar surface area (TPSA) is 110 Å². The molecule has 0 aliphatic heterocycles. The summed E-state index contributed by atoms with van der Waals surface area (Å²) in [6.07, 6.45) is 1.02. The predicted octanol–water partition coefficient (Wildman–Crippen LogP) is 5.50. The highest BCUT2D eigenvalue weighted by Gasteiger charge is 2.23. The second-order valence-electron chi connectivity index (χ2n) is 7.80. The number of carboxylic acid groups (broad SMARTS) is 1. The van der Waals surface area contributed by atoms with Crippen molar-refractivity contribution in [3.05, 3.63) is 63.8 Å². The number of carboxylic acids is 1. The summed E-state index contributed by atoms with van der Waals surface area (Å²) in [5.41, 5.74) is 5.52. The molecule has 0 saturated carbocycles. The highest BCUT2D eigenvalue weighted by atomic mass is 32.2. The number of fused-ring (bicyclic) bond motifs is 1. The number of aromatic carboxylic acids is 1. The number of nitrogens with zero attached hydrogens (tertiary/aromatic N) is 5. The van der Waals surface area contributed by atoms with Crippen molar-refractivity contribution in [2.45, 2.75) is 32.0 Å². The third kappa shape index (κ3) is 4.10. The molecule has 3 aromatic heterocycles. The maximum atomic E-state index is 11.9. The minimum absolute atomic E-state index is 0.342. The van der Waals surface area contributed by atoms with Crippen LogP contribution in [0.15, 0.2) is 53.7 Å². The van der Waals surface area contributed by atoms with Gasteiger partial charge in [0.25, 0.3) is 0 Å². The summed E-state index contributed by atoms with van der Waals surface area (Å²) in [5, 5.41) is 25.1. The van der Waals surface area contributed by atoms with Gasteiger partial charge < -0.3 is 9.67 Å². The fraction of sp³-hybridized carbons (Fsp3) is 0.208. The zero-order valence-corrected chi connectivity index (χ0v) is 20.3. The van der Waals surface area contributed by atoms with Gasteiger partial charge in [0.2, 0.25) is 5.82 Å². The first-order valence-electron chi connectivity index (χ1n) is 10.8. The second kappa shape index (κ2) is 9.40. The van der Waals surface area contributed by atoms with Crippen LogP contribution in [0.2, 0.25) is 0 Å². The van der Waals surface area contributed by atoms with E-state index >= 15 is 0 Å². The summed E-state index contributed by atoms with van der Waals surface area (Å²) in [6.45, 7) is 4.61. The molecule has 0 aliphatic carbocycles. The van der Waals surface area contributed by atoms with Gasteiger partial charge in [-0.25, -0.2) is 9.78 Å². The monoisotopic (exact) mass is 490 g/mol. The quantitative estimate of drug-likeness (QED) is 0.276. The molecule has 0 bridgehead atoms. The number of aryl methyl sites for hydroxylation is 1. The molecule has 0 radical (unpaired) electrons. The van der Waals surface area contributed by atoms with Crippen molar-refractivity contribution in [3.8, 4) is 22.5 Å². The molecular formula is C24H22N6O2S2. The highest BCUT2D eigenvalue weighted by Crippen LogP contribution is 2.35. The van der Waals surface area contributed by atoms with Crippen LogP contribution in [0.3, 0.4) is 0 Å². The molecule has 0 atom stereocenters. The van der Waals surface area contributed by atoms with Crippen LogP contribution in [0.5, 0.6) is 0 Å². The lowest BCUT2D eigenvalue weighted by atomic mass is 9.98.